The molecule has 0 fully saturated rings. The van der Waals surface area contributed by atoms with Crippen molar-refractivity contribution in [3.05, 3.63) is 40.9 Å². The highest BCUT2D eigenvalue weighted by Crippen LogP contribution is 2.22. The number of amides is 2. The molecule has 2 rings (SSSR count). The van der Waals surface area contributed by atoms with E-state index in [9.17, 15) is 9.59 Å². The Morgan fingerprint density at radius 3 is 2.43 bits per heavy atom. The predicted molar refractivity (Wildman–Crippen MR) is 90.2 cm³/mol. The minimum atomic E-state index is -0.230. The van der Waals surface area contributed by atoms with E-state index in [1.165, 1.54) is 11.3 Å². The average Bonchev–Trinajstić information content (AvgIpc) is 3.00. The summed E-state index contributed by atoms with van der Waals surface area (Å²) in [6.45, 7) is 4.50. The molecule has 1 aromatic carbocycles. The Labute approximate surface area is 139 Å². The molecule has 0 saturated heterocycles. The second-order valence-electron chi connectivity index (χ2n) is 5.41. The zero-order chi connectivity index (χ0) is 16.7. The van der Waals surface area contributed by atoms with Gasteiger partial charge in [-0.05, 0) is 5.56 Å². The lowest BCUT2D eigenvalue weighted by Gasteiger charge is -2.05. The first kappa shape index (κ1) is 17.1. The van der Waals surface area contributed by atoms with Crippen LogP contribution in [0.4, 0.5) is 5.13 Å². The van der Waals surface area contributed by atoms with Gasteiger partial charge in [-0.1, -0.05) is 55.5 Å². The van der Waals surface area contributed by atoms with Crippen LogP contribution >= 0.6 is 11.3 Å². The lowest BCUT2D eigenvalue weighted by atomic mass is 10.2. The molecule has 0 spiro atoms. The molecule has 2 amide bonds. The molecule has 7 heteroatoms. The van der Waals surface area contributed by atoms with Gasteiger partial charge in [-0.25, -0.2) is 0 Å². The van der Waals surface area contributed by atoms with E-state index in [4.69, 9.17) is 0 Å². The number of aromatic nitrogens is 2. The summed E-state index contributed by atoms with van der Waals surface area (Å²) in [5, 5.41) is 14.7. The molecule has 0 aliphatic rings. The maximum atomic E-state index is 11.8. The van der Waals surface area contributed by atoms with Gasteiger partial charge in [0.2, 0.25) is 16.9 Å². The Bertz CT molecular complexity index is 655. The summed E-state index contributed by atoms with van der Waals surface area (Å²) in [7, 11) is 0. The Hall–Kier alpha value is -2.28. The standard InChI is InChI=1S/C16H20N4O2S/c1-11(2)15-19-20-16(23-15)18-14(22)9-8-13(21)17-10-12-6-4-3-5-7-12/h3-7,11H,8-10H2,1-2H3,(H,17,21)(H,18,20,22). The van der Waals surface area contributed by atoms with E-state index in [2.05, 4.69) is 20.8 Å². The van der Waals surface area contributed by atoms with E-state index in [1.807, 2.05) is 44.2 Å². The Morgan fingerprint density at radius 1 is 1.09 bits per heavy atom. The third kappa shape index (κ3) is 5.78. The van der Waals surface area contributed by atoms with Gasteiger partial charge < -0.3 is 10.6 Å². The van der Waals surface area contributed by atoms with E-state index >= 15 is 0 Å². The van der Waals surface area contributed by atoms with Crippen molar-refractivity contribution >= 4 is 28.3 Å². The Kier molecular flexibility index (Phi) is 6.22. The Morgan fingerprint density at radius 2 is 1.78 bits per heavy atom. The van der Waals surface area contributed by atoms with Crippen LogP contribution in [0.3, 0.4) is 0 Å². The highest BCUT2D eigenvalue weighted by molar-refractivity contribution is 7.15. The fourth-order valence-corrected chi connectivity index (χ4v) is 2.57. The van der Waals surface area contributed by atoms with Crippen LogP contribution in [0.2, 0.25) is 0 Å². The molecule has 122 valence electrons. The fraction of sp³-hybridized carbons (Fsp3) is 0.375. The van der Waals surface area contributed by atoms with E-state index in [1.54, 1.807) is 0 Å². The van der Waals surface area contributed by atoms with E-state index in [-0.39, 0.29) is 30.6 Å². The first-order valence-electron chi connectivity index (χ1n) is 7.48. The number of carbonyl (C=O) groups is 2. The van der Waals surface area contributed by atoms with E-state index in [0.29, 0.717) is 11.7 Å². The lowest BCUT2D eigenvalue weighted by molar-refractivity contribution is -0.124. The van der Waals surface area contributed by atoms with Crippen LogP contribution < -0.4 is 10.6 Å². The highest BCUT2D eigenvalue weighted by Gasteiger charge is 2.11. The van der Waals surface area contributed by atoms with E-state index in [0.717, 1.165) is 10.6 Å². The van der Waals surface area contributed by atoms with Crippen molar-refractivity contribution in [3.8, 4) is 0 Å². The molecule has 0 aliphatic carbocycles. The number of carbonyl (C=O) groups excluding carboxylic acids is 2. The van der Waals surface area contributed by atoms with Crippen molar-refractivity contribution in [1.82, 2.24) is 15.5 Å². The molecule has 2 aromatic rings. The summed E-state index contributed by atoms with van der Waals surface area (Å²) in [4.78, 5) is 23.6. The lowest BCUT2D eigenvalue weighted by Crippen LogP contribution is -2.24. The van der Waals surface area contributed by atoms with Gasteiger partial charge in [-0.3, -0.25) is 9.59 Å². The number of anilines is 1. The zero-order valence-electron chi connectivity index (χ0n) is 13.2. The van der Waals surface area contributed by atoms with Crippen molar-refractivity contribution in [3.63, 3.8) is 0 Å². The maximum absolute atomic E-state index is 11.8. The molecule has 6 nitrogen and oxygen atoms in total. The topological polar surface area (TPSA) is 84.0 Å². The number of nitrogens with zero attached hydrogens (tertiary/aromatic N) is 2. The third-order valence-electron chi connectivity index (χ3n) is 3.09. The molecule has 0 bridgehead atoms. The minimum absolute atomic E-state index is 0.122. The van der Waals surface area contributed by atoms with Gasteiger partial charge in [-0.2, -0.15) is 0 Å². The molecular weight excluding hydrogens is 312 g/mol. The van der Waals surface area contributed by atoms with Crippen LogP contribution in [-0.2, 0) is 16.1 Å². The van der Waals surface area contributed by atoms with Crippen molar-refractivity contribution in [2.75, 3.05) is 5.32 Å². The highest BCUT2D eigenvalue weighted by atomic mass is 32.1. The number of hydrogen-bond donors (Lipinski definition) is 2. The summed E-state index contributed by atoms with van der Waals surface area (Å²) in [5.74, 6) is -0.0997. The summed E-state index contributed by atoms with van der Waals surface area (Å²) in [5.41, 5.74) is 1.03. The quantitative estimate of drug-likeness (QED) is 0.816. The fourth-order valence-electron chi connectivity index (χ4n) is 1.81. The first-order chi connectivity index (χ1) is 11.0. The minimum Gasteiger partial charge on any atom is -0.352 e. The second-order valence-corrected chi connectivity index (χ2v) is 6.42. The molecule has 2 N–H and O–H groups in total. The van der Waals surface area contributed by atoms with Crippen LogP contribution in [0.1, 0.15) is 43.2 Å². The van der Waals surface area contributed by atoms with Crippen LogP contribution in [0.15, 0.2) is 30.3 Å². The van der Waals surface area contributed by atoms with Crippen LogP contribution in [-0.4, -0.2) is 22.0 Å². The molecular formula is C16H20N4O2S. The largest absolute Gasteiger partial charge is 0.352 e. The molecule has 23 heavy (non-hydrogen) atoms. The van der Waals surface area contributed by atoms with Crippen LogP contribution in [0.25, 0.3) is 0 Å². The van der Waals surface area contributed by atoms with Gasteiger partial charge >= 0.3 is 0 Å². The number of rotatable bonds is 7. The number of benzene rings is 1. The Balaban J connectivity index is 1.70. The zero-order valence-corrected chi connectivity index (χ0v) is 14.0. The van der Waals surface area contributed by atoms with Crippen LogP contribution in [0.5, 0.6) is 0 Å². The smallest absolute Gasteiger partial charge is 0.226 e. The SMILES string of the molecule is CC(C)c1nnc(NC(=O)CCC(=O)NCc2ccccc2)s1. The number of hydrogen-bond acceptors (Lipinski definition) is 5. The second kappa shape index (κ2) is 8.38. The van der Waals surface area contributed by atoms with Crippen molar-refractivity contribution in [2.24, 2.45) is 0 Å². The molecule has 1 heterocycles. The molecule has 0 saturated carbocycles. The van der Waals surface area contributed by atoms with Crippen LogP contribution in [0, 0.1) is 0 Å². The van der Waals surface area contributed by atoms with Gasteiger partial charge in [0.15, 0.2) is 0 Å². The predicted octanol–water partition coefficient (Wildman–Crippen LogP) is 2.70. The van der Waals surface area contributed by atoms with Crippen molar-refractivity contribution < 1.29 is 9.59 Å². The summed E-state index contributed by atoms with van der Waals surface area (Å²) >= 11 is 1.36. The third-order valence-corrected chi connectivity index (χ3v) is 4.23. The van der Waals surface area contributed by atoms with Gasteiger partial charge in [0, 0.05) is 25.3 Å². The first-order valence-corrected chi connectivity index (χ1v) is 8.30. The van der Waals surface area contributed by atoms with Gasteiger partial charge in [0.1, 0.15) is 5.01 Å². The average molecular weight is 332 g/mol. The molecule has 1 aromatic heterocycles. The number of nitrogens with one attached hydrogen (secondary N) is 2. The van der Waals surface area contributed by atoms with Gasteiger partial charge in [0.05, 0.1) is 0 Å². The van der Waals surface area contributed by atoms with Gasteiger partial charge in [0.25, 0.3) is 0 Å². The summed E-state index contributed by atoms with van der Waals surface area (Å²) < 4.78 is 0. The molecule has 0 atom stereocenters. The van der Waals surface area contributed by atoms with E-state index < -0.39 is 0 Å². The summed E-state index contributed by atoms with van der Waals surface area (Å²) in [6, 6.07) is 9.64. The van der Waals surface area contributed by atoms with Crippen molar-refractivity contribution in [2.45, 2.75) is 39.2 Å². The monoisotopic (exact) mass is 332 g/mol. The molecule has 0 unspecified atom stereocenters. The van der Waals surface area contributed by atoms with Crippen molar-refractivity contribution in [1.29, 1.82) is 0 Å². The van der Waals surface area contributed by atoms with Gasteiger partial charge in [-0.15, -0.1) is 10.2 Å². The molecule has 0 radical (unpaired) electrons. The molecule has 0 aliphatic heterocycles. The maximum Gasteiger partial charge on any atom is 0.226 e. The normalized spacial score (nSPS) is 10.6. The summed E-state index contributed by atoms with van der Waals surface area (Å²) in [6.07, 6.45) is 0.270.